The molecule has 0 radical (unpaired) electrons. The first kappa shape index (κ1) is 23.4. The topological polar surface area (TPSA) is 121 Å². The zero-order chi connectivity index (χ0) is 24.6. The molecule has 0 fully saturated rings. The zero-order valence-corrected chi connectivity index (χ0v) is 18.8. The Balaban J connectivity index is 1.30. The van der Waals surface area contributed by atoms with Crippen molar-refractivity contribution in [2.75, 3.05) is 11.9 Å². The molecule has 0 aliphatic heterocycles. The highest BCUT2D eigenvalue weighted by Crippen LogP contribution is 2.19. The maximum Gasteiger partial charge on any atom is 0.338 e. The van der Waals surface area contributed by atoms with Crippen LogP contribution in [0.25, 0.3) is 0 Å². The van der Waals surface area contributed by atoms with E-state index in [-0.39, 0.29) is 18.0 Å². The Kier molecular flexibility index (Phi) is 7.27. The van der Waals surface area contributed by atoms with Crippen molar-refractivity contribution in [1.29, 1.82) is 0 Å². The Morgan fingerprint density at radius 1 is 0.886 bits per heavy atom. The van der Waals surface area contributed by atoms with Crippen molar-refractivity contribution in [3.8, 4) is 5.75 Å². The second kappa shape index (κ2) is 10.9. The standard InChI is InChI=1S/C26H21N3O6/c1-17-27-23(29-35-17)15-33-20-13-11-19(12-14-20)26(32)34-16-24(30)28-22-10-6-5-9-21(22)25(31)18-7-3-2-4-8-18/h2-14H,15-16H2,1H3,(H,28,30). The Bertz CT molecular complexity index is 1330. The molecule has 0 aliphatic carbocycles. The van der Waals surface area contributed by atoms with Gasteiger partial charge in [0.05, 0.1) is 11.3 Å². The number of para-hydroxylation sites is 1. The van der Waals surface area contributed by atoms with Gasteiger partial charge in [0.1, 0.15) is 5.75 Å². The van der Waals surface area contributed by atoms with Gasteiger partial charge in [0.15, 0.2) is 19.0 Å². The molecule has 9 heteroatoms. The van der Waals surface area contributed by atoms with Crippen LogP contribution in [0.3, 0.4) is 0 Å². The SMILES string of the molecule is Cc1nc(COc2ccc(C(=O)OCC(=O)Nc3ccccc3C(=O)c3ccccc3)cc2)no1. The van der Waals surface area contributed by atoms with Crippen molar-refractivity contribution < 1.29 is 28.4 Å². The normalized spacial score (nSPS) is 10.4. The lowest BCUT2D eigenvalue weighted by Crippen LogP contribution is -2.22. The lowest BCUT2D eigenvalue weighted by atomic mass is 10.0. The van der Waals surface area contributed by atoms with Crippen LogP contribution in [0, 0.1) is 6.92 Å². The second-order valence-electron chi connectivity index (χ2n) is 7.41. The first-order valence-electron chi connectivity index (χ1n) is 10.7. The molecule has 4 rings (SSSR count). The molecule has 1 aromatic heterocycles. The molecule has 0 atom stereocenters. The van der Waals surface area contributed by atoms with Gasteiger partial charge in [0.25, 0.3) is 5.91 Å². The predicted octanol–water partition coefficient (Wildman–Crippen LogP) is 3.98. The van der Waals surface area contributed by atoms with Gasteiger partial charge in [-0.1, -0.05) is 47.6 Å². The number of hydrogen-bond acceptors (Lipinski definition) is 8. The molecule has 176 valence electrons. The molecule has 35 heavy (non-hydrogen) atoms. The summed E-state index contributed by atoms with van der Waals surface area (Å²) in [6.07, 6.45) is 0. The van der Waals surface area contributed by atoms with Crippen molar-refractivity contribution in [1.82, 2.24) is 10.1 Å². The molecule has 0 bridgehead atoms. The Morgan fingerprint density at radius 2 is 1.60 bits per heavy atom. The molecule has 0 spiro atoms. The molecule has 1 heterocycles. The molecule has 0 saturated heterocycles. The summed E-state index contributed by atoms with van der Waals surface area (Å²) in [5.41, 5.74) is 1.42. The van der Waals surface area contributed by atoms with Crippen LogP contribution < -0.4 is 10.1 Å². The highest BCUT2D eigenvalue weighted by atomic mass is 16.5. The maximum atomic E-state index is 12.8. The number of nitrogens with one attached hydrogen (secondary N) is 1. The summed E-state index contributed by atoms with van der Waals surface area (Å²) in [6, 6.07) is 21.6. The molecule has 1 N–H and O–H groups in total. The minimum atomic E-state index is -0.672. The lowest BCUT2D eigenvalue weighted by molar-refractivity contribution is -0.119. The van der Waals surface area contributed by atoms with E-state index < -0.39 is 18.5 Å². The number of amides is 1. The number of benzene rings is 3. The quantitative estimate of drug-likeness (QED) is 0.287. The smallest absolute Gasteiger partial charge is 0.338 e. The van der Waals surface area contributed by atoms with Gasteiger partial charge in [-0.15, -0.1) is 0 Å². The summed E-state index contributed by atoms with van der Waals surface area (Å²) >= 11 is 0. The van der Waals surface area contributed by atoms with Crippen molar-refractivity contribution in [2.45, 2.75) is 13.5 Å². The number of esters is 1. The molecule has 1 amide bonds. The molecule has 3 aromatic carbocycles. The van der Waals surface area contributed by atoms with Crippen LogP contribution in [0.4, 0.5) is 5.69 Å². The Morgan fingerprint density at radius 3 is 2.31 bits per heavy atom. The molecule has 0 saturated carbocycles. The summed E-state index contributed by atoms with van der Waals surface area (Å²) in [5.74, 6) is -0.117. The van der Waals surface area contributed by atoms with Crippen LogP contribution in [0.2, 0.25) is 0 Å². The maximum absolute atomic E-state index is 12.8. The van der Waals surface area contributed by atoms with E-state index in [2.05, 4.69) is 15.5 Å². The van der Waals surface area contributed by atoms with Crippen LogP contribution in [0.1, 0.15) is 38.0 Å². The highest BCUT2D eigenvalue weighted by Gasteiger charge is 2.16. The van der Waals surface area contributed by atoms with Gasteiger partial charge in [-0.05, 0) is 36.4 Å². The molecule has 0 unspecified atom stereocenters. The van der Waals surface area contributed by atoms with Gasteiger partial charge >= 0.3 is 5.97 Å². The highest BCUT2D eigenvalue weighted by molar-refractivity contribution is 6.14. The summed E-state index contributed by atoms with van der Waals surface area (Å²) in [7, 11) is 0. The van der Waals surface area contributed by atoms with Gasteiger partial charge in [-0.25, -0.2) is 4.79 Å². The fourth-order valence-corrected chi connectivity index (χ4v) is 3.17. The van der Waals surface area contributed by atoms with Crippen LogP contribution >= 0.6 is 0 Å². The lowest BCUT2D eigenvalue weighted by Gasteiger charge is -2.11. The first-order valence-corrected chi connectivity index (χ1v) is 10.7. The van der Waals surface area contributed by atoms with Crippen molar-refractivity contribution in [2.24, 2.45) is 0 Å². The average molecular weight is 471 g/mol. The first-order chi connectivity index (χ1) is 17.0. The number of ketones is 1. The van der Waals surface area contributed by atoms with Gasteiger partial charge in [0.2, 0.25) is 11.7 Å². The number of anilines is 1. The molecule has 9 nitrogen and oxygen atoms in total. The fraction of sp³-hybridized carbons (Fsp3) is 0.115. The van der Waals surface area contributed by atoms with Crippen molar-refractivity contribution in [3.63, 3.8) is 0 Å². The monoisotopic (exact) mass is 471 g/mol. The fourth-order valence-electron chi connectivity index (χ4n) is 3.17. The molecule has 0 aliphatic rings. The number of ether oxygens (including phenoxy) is 2. The number of carbonyl (C=O) groups excluding carboxylic acids is 3. The second-order valence-corrected chi connectivity index (χ2v) is 7.41. The largest absolute Gasteiger partial charge is 0.485 e. The molecular weight excluding hydrogens is 450 g/mol. The van der Waals surface area contributed by atoms with E-state index in [9.17, 15) is 14.4 Å². The van der Waals surface area contributed by atoms with E-state index in [4.69, 9.17) is 14.0 Å². The van der Waals surface area contributed by atoms with Crippen LogP contribution in [0.15, 0.2) is 83.4 Å². The van der Waals surface area contributed by atoms with Crippen LogP contribution in [-0.4, -0.2) is 34.4 Å². The summed E-state index contributed by atoms with van der Waals surface area (Å²) in [5, 5.41) is 6.37. The van der Waals surface area contributed by atoms with Crippen LogP contribution in [-0.2, 0) is 16.1 Å². The van der Waals surface area contributed by atoms with E-state index in [1.807, 2.05) is 6.07 Å². The number of hydrogen-bond donors (Lipinski definition) is 1. The minimum absolute atomic E-state index is 0.121. The summed E-state index contributed by atoms with van der Waals surface area (Å²) < 4.78 is 15.5. The van der Waals surface area contributed by atoms with Crippen molar-refractivity contribution >= 4 is 23.3 Å². The summed E-state index contributed by atoms with van der Waals surface area (Å²) in [4.78, 5) is 41.6. The Labute approximate surface area is 200 Å². The number of aryl methyl sites for hydroxylation is 1. The molecular formula is C26H21N3O6. The third-order valence-electron chi connectivity index (χ3n) is 4.84. The van der Waals surface area contributed by atoms with E-state index in [1.165, 1.54) is 12.1 Å². The van der Waals surface area contributed by atoms with Gasteiger partial charge in [-0.2, -0.15) is 4.98 Å². The van der Waals surface area contributed by atoms with E-state index >= 15 is 0 Å². The zero-order valence-electron chi connectivity index (χ0n) is 18.8. The summed E-state index contributed by atoms with van der Waals surface area (Å²) in [6.45, 7) is 1.29. The predicted molar refractivity (Wildman–Crippen MR) is 125 cm³/mol. The number of carbonyl (C=O) groups is 3. The number of rotatable bonds is 9. The Hall–Kier alpha value is -4.79. The minimum Gasteiger partial charge on any atom is -0.485 e. The van der Waals surface area contributed by atoms with E-state index in [0.29, 0.717) is 34.3 Å². The van der Waals surface area contributed by atoms with E-state index in [0.717, 1.165) is 0 Å². The third-order valence-corrected chi connectivity index (χ3v) is 4.84. The number of nitrogens with zero attached hydrogens (tertiary/aromatic N) is 2. The van der Waals surface area contributed by atoms with Crippen molar-refractivity contribution in [3.05, 3.63) is 107 Å². The third kappa shape index (κ3) is 6.17. The van der Waals surface area contributed by atoms with Gasteiger partial charge < -0.3 is 19.3 Å². The van der Waals surface area contributed by atoms with E-state index in [1.54, 1.807) is 67.6 Å². The number of aromatic nitrogens is 2. The average Bonchev–Trinajstić information content (AvgIpc) is 3.31. The van der Waals surface area contributed by atoms with Gasteiger partial charge in [0, 0.05) is 18.1 Å². The molecule has 4 aromatic rings. The van der Waals surface area contributed by atoms with Crippen LogP contribution in [0.5, 0.6) is 5.75 Å². The van der Waals surface area contributed by atoms with Gasteiger partial charge in [-0.3, -0.25) is 9.59 Å².